The van der Waals surface area contributed by atoms with Gasteiger partial charge in [0.1, 0.15) is 0 Å². The molecule has 0 aromatic carbocycles. The summed E-state index contributed by atoms with van der Waals surface area (Å²) < 4.78 is 0. The summed E-state index contributed by atoms with van der Waals surface area (Å²) in [7, 11) is 0. The molecule has 4 heteroatoms. The molecule has 1 unspecified atom stereocenters. The molecular weight excluding hydrogens is 224 g/mol. The van der Waals surface area contributed by atoms with Crippen molar-refractivity contribution in [3.05, 3.63) is 16.1 Å². The Hall–Kier alpha value is -0.0600. The Morgan fingerprint density at radius 2 is 2.53 bits per heavy atom. The molecule has 0 spiro atoms. The van der Waals surface area contributed by atoms with E-state index < -0.39 is 0 Å². The highest BCUT2D eigenvalue weighted by Crippen LogP contribution is 2.25. The second-order valence-electron chi connectivity index (χ2n) is 3.84. The SMILES string of the molecule is CCc1ncc(CNCC2CCCS2)s1. The van der Waals surface area contributed by atoms with Crippen LogP contribution in [0.15, 0.2) is 6.20 Å². The molecule has 1 aliphatic heterocycles. The van der Waals surface area contributed by atoms with Gasteiger partial charge in [-0.05, 0) is 25.0 Å². The van der Waals surface area contributed by atoms with Crippen LogP contribution in [0.25, 0.3) is 0 Å². The van der Waals surface area contributed by atoms with E-state index in [-0.39, 0.29) is 0 Å². The molecule has 1 aromatic heterocycles. The summed E-state index contributed by atoms with van der Waals surface area (Å²) in [6.07, 6.45) is 5.86. The Balaban J connectivity index is 1.68. The minimum absolute atomic E-state index is 0.851. The van der Waals surface area contributed by atoms with Gasteiger partial charge in [0.2, 0.25) is 0 Å². The van der Waals surface area contributed by atoms with Gasteiger partial charge in [-0.15, -0.1) is 11.3 Å². The number of thioether (sulfide) groups is 1. The van der Waals surface area contributed by atoms with Gasteiger partial charge in [0.05, 0.1) is 5.01 Å². The standard InChI is InChI=1S/C11H18N2S2/c1-2-11-13-8-10(15-11)7-12-6-9-4-3-5-14-9/h8-9,12H,2-7H2,1H3. The van der Waals surface area contributed by atoms with Crippen LogP contribution in [-0.2, 0) is 13.0 Å². The molecule has 84 valence electrons. The van der Waals surface area contributed by atoms with Crippen molar-refractivity contribution in [2.75, 3.05) is 12.3 Å². The van der Waals surface area contributed by atoms with Crippen LogP contribution in [0.4, 0.5) is 0 Å². The first-order chi connectivity index (χ1) is 7.38. The molecule has 2 heterocycles. The summed E-state index contributed by atoms with van der Waals surface area (Å²) >= 11 is 3.95. The van der Waals surface area contributed by atoms with Crippen molar-refractivity contribution >= 4 is 23.1 Å². The van der Waals surface area contributed by atoms with Crippen LogP contribution >= 0.6 is 23.1 Å². The van der Waals surface area contributed by atoms with E-state index >= 15 is 0 Å². The smallest absolute Gasteiger partial charge is 0.0925 e. The normalized spacial score (nSPS) is 21.0. The monoisotopic (exact) mass is 242 g/mol. The van der Waals surface area contributed by atoms with Crippen LogP contribution in [0.2, 0.25) is 0 Å². The largest absolute Gasteiger partial charge is 0.311 e. The van der Waals surface area contributed by atoms with Gasteiger partial charge >= 0.3 is 0 Å². The van der Waals surface area contributed by atoms with E-state index in [9.17, 15) is 0 Å². The first-order valence-electron chi connectivity index (χ1n) is 5.64. The summed E-state index contributed by atoms with van der Waals surface area (Å²) in [6, 6.07) is 0. The van der Waals surface area contributed by atoms with Gasteiger partial charge in [-0.25, -0.2) is 4.98 Å². The van der Waals surface area contributed by atoms with Crippen molar-refractivity contribution in [2.24, 2.45) is 0 Å². The van der Waals surface area contributed by atoms with Gasteiger partial charge < -0.3 is 5.32 Å². The predicted molar refractivity (Wildman–Crippen MR) is 68.7 cm³/mol. The van der Waals surface area contributed by atoms with E-state index in [2.05, 4.69) is 29.0 Å². The van der Waals surface area contributed by atoms with E-state index in [1.807, 2.05) is 17.5 Å². The van der Waals surface area contributed by atoms with Crippen LogP contribution < -0.4 is 5.32 Å². The second-order valence-corrected chi connectivity index (χ2v) is 6.45. The van der Waals surface area contributed by atoms with Crippen LogP contribution in [0.5, 0.6) is 0 Å². The van der Waals surface area contributed by atoms with Crippen LogP contribution in [-0.4, -0.2) is 22.5 Å². The fourth-order valence-electron chi connectivity index (χ4n) is 1.75. The topological polar surface area (TPSA) is 24.9 Å². The van der Waals surface area contributed by atoms with Gasteiger partial charge in [0.15, 0.2) is 0 Å². The van der Waals surface area contributed by atoms with Crippen molar-refractivity contribution in [2.45, 2.75) is 38.0 Å². The highest BCUT2D eigenvalue weighted by molar-refractivity contribution is 8.00. The number of thiazole rings is 1. The minimum Gasteiger partial charge on any atom is -0.311 e. The molecular formula is C11H18N2S2. The van der Waals surface area contributed by atoms with E-state index in [0.29, 0.717) is 0 Å². The molecule has 0 saturated carbocycles. The van der Waals surface area contributed by atoms with Crippen LogP contribution in [0, 0.1) is 0 Å². The highest BCUT2D eigenvalue weighted by Gasteiger charge is 2.14. The third kappa shape index (κ3) is 3.47. The summed E-state index contributed by atoms with van der Waals surface area (Å²) in [6.45, 7) is 4.31. The zero-order valence-corrected chi connectivity index (χ0v) is 10.8. The number of hydrogen-bond acceptors (Lipinski definition) is 4. The van der Waals surface area contributed by atoms with Crippen molar-refractivity contribution in [1.82, 2.24) is 10.3 Å². The average molecular weight is 242 g/mol. The maximum Gasteiger partial charge on any atom is 0.0925 e. The first-order valence-corrected chi connectivity index (χ1v) is 7.51. The Bertz CT molecular complexity index is 293. The number of rotatable bonds is 5. The zero-order valence-electron chi connectivity index (χ0n) is 9.16. The van der Waals surface area contributed by atoms with Crippen LogP contribution in [0.3, 0.4) is 0 Å². The molecule has 1 aromatic rings. The molecule has 0 aliphatic carbocycles. The van der Waals surface area contributed by atoms with E-state index in [1.54, 1.807) is 0 Å². The van der Waals surface area contributed by atoms with Gasteiger partial charge in [-0.3, -0.25) is 0 Å². The van der Waals surface area contributed by atoms with E-state index in [0.717, 1.165) is 24.8 Å². The van der Waals surface area contributed by atoms with Gasteiger partial charge in [-0.1, -0.05) is 6.92 Å². The summed E-state index contributed by atoms with van der Waals surface area (Å²) in [5, 5.41) is 5.63. The van der Waals surface area contributed by atoms with Crippen LogP contribution in [0.1, 0.15) is 29.7 Å². The number of nitrogens with one attached hydrogen (secondary N) is 1. The molecule has 1 N–H and O–H groups in total. The van der Waals surface area contributed by atoms with Gasteiger partial charge in [0.25, 0.3) is 0 Å². The van der Waals surface area contributed by atoms with Crippen molar-refractivity contribution in [3.63, 3.8) is 0 Å². The maximum absolute atomic E-state index is 4.36. The first kappa shape index (κ1) is 11.4. The quantitative estimate of drug-likeness (QED) is 0.859. The molecule has 0 radical (unpaired) electrons. The molecule has 2 rings (SSSR count). The predicted octanol–water partition coefficient (Wildman–Crippen LogP) is 2.69. The third-order valence-corrected chi connectivity index (χ3v) is 5.14. The van der Waals surface area contributed by atoms with E-state index in [4.69, 9.17) is 0 Å². The lowest BCUT2D eigenvalue weighted by molar-refractivity contribution is 0.650. The summed E-state index contributed by atoms with van der Waals surface area (Å²) in [5.74, 6) is 1.35. The minimum atomic E-state index is 0.851. The summed E-state index contributed by atoms with van der Waals surface area (Å²) in [5.41, 5.74) is 0. The van der Waals surface area contributed by atoms with Gasteiger partial charge in [-0.2, -0.15) is 11.8 Å². The maximum atomic E-state index is 4.36. The molecule has 1 atom stereocenters. The Kier molecular flexibility index (Phi) is 4.47. The molecule has 15 heavy (non-hydrogen) atoms. The Morgan fingerprint density at radius 1 is 1.60 bits per heavy atom. The lowest BCUT2D eigenvalue weighted by atomic mass is 10.2. The fraction of sp³-hybridized carbons (Fsp3) is 0.727. The Labute approximate surface area is 99.9 Å². The lowest BCUT2D eigenvalue weighted by Gasteiger charge is -2.08. The number of hydrogen-bond donors (Lipinski definition) is 1. The molecule has 1 aliphatic rings. The number of nitrogens with zero attached hydrogens (tertiary/aromatic N) is 1. The third-order valence-electron chi connectivity index (χ3n) is 2.60. The van der Waals surface area contributed by atoms with Gasteiger partial charge in [0, 0.05) is 29.4 Å². The van der Waals surface area contributed by atoms with Crippen molar-refractivity contribution < 1.29 is 0 Å². The van der Waals surface area contributed by atoms with E-state index in [1.165, 1.54) is 28.5 Å². The molecule has 0 bridgehead atoms. The second kappa shape index (κ2) is 5.87. The van der Waals surface area contributed by atoms with Crippen molar-refractivity contribution in [1.29, 1.82) is 0 Å². The molecule has 0 amide bonds. The number of aromatic nitrogens is 1. The number of aryl methyl sites for hydroxylation is 1. The Morgan fingerprint density at radius 3 is 3.20 bits per heavy atom. The molecule has 1 saturated heterocycles. The fourth-order valence-corrected chi connectivity index (χ4v) is 3.82. The molecule has 2 nitrogen and oxygen atoms in total. The molecule has 1 fully saturated rings. The van der Waals surface area contributed by atoms with Crippen molar-refractivity contribution in [3.8, 4) is 0 Å². The average Bonchev–Trinajstić information content (AvgIpc) is 2.88. The zero-order chi connectivity index (χ0) is 10.5. The lowest BCUT2D eigenvalue weighted by Crippen LogP contribution is -2.22. The summed E-state index contributed by atoms with van der Waals surface area (Å²) in [4.78, 5) is 5.73. The highest BCUT2D eigenvalue weighted by atomic mass is 32.2.